The van der Waals surface area contributed by atoms with Crippen molar-refractivity contribution in [1.29, 1.82) is 0 Å². The molecule has 0 bridgehead atoms. The van der Waals surface area contributed by atoms with E-state index in [1.54, 1.807) is 0 Å². The average molecular weight is 173 g/mol. The smallest absolute Gasteiger partial charge is 0.297 e. The van der Waals surface area contributed by atoms with Crippen LogP contribution in [0.15, 0.2) is 10.3 Å². The van der Waals surface area contributed by atoms with E-state index in [-0.39, 0.29) is 18.2 Å². The molecule has 0 saturated carbocycles. The van der Waals surface area contributed by atoms with Gasteiger partial charge in [0.05, 0.1) is 0 Å². The summed E-state index contributed by atoms with van der Waals surface area (Å²) in [5, 5.41) is 0. The Kier molecular flexibility index (Phi) is 4.48. The summed E-state index contributed by atoms with van der Waals surface area (Å²) in [7, 11) is 0. The molecule has 0 amide bonds. The summed E-state index contributed by atoms with van der Waals surface area (Å²) in [4.78, 5) is 0. The topological polar surface area (TPSA) is 0 Å². The standard InChI is InChI=1S/C5H9.BrH.Mg/c1-4-5(2)3;;/h5H,1H2,2-3H3;1H;/q;;+1/p-1. The van der Waals surface area contributed by atoms with Crippen molar-refractivity contribution < 1.29 is 0 Å². The molecule has 0 nitrogen and oxygen atoms in total. The number of allylic oxidation sites excluding steroid dienone is 1. The van der Waals surface area contributed by atoms with Crippen LogP contribution < -0.4 is 0 Å². The van der Waals surface area contributed by atoms with E-state index in [0.717, 1.165) is 0 Å². The number of halogens is 1. The van der Waals surface area contributed by atoms with Gasteiger partial charge in [-0.2, -0.15) is 3.70 Å². The van der Waals surface area contributed by atoms with E-state index in [2.05, 4.69) is 33.3 Å². The Morgan fingerprint density at radius 1 is 1.71 bits per heavy atom. The summed E-state index contributed by atoms with van der Waals surface area (Å²) in [5.41, 5.74) is 0. The van der Waals surface area contributed by atoms with Crippen LogP contribution in [0.25, 0.3) is 0 Å². The molecule has 0 rings (SSSR count). The fraction of sp³-hybridized carbons (Fsp3) is 0.600. The van der Waals surface area contributed by atoms with E-state index in [1.165, 1.54) is 3.70 Å². The lowest BCUT2D eigenvalue weighted by molar-refractivity contribution is 0.816. The zero-order valence-electron chi connectivity index (χ0n) is 4.87. The van der Waals surface area contributed by atoms with E-state index in [0.29, 0.717) is 5.92 Å². The Morgan fingerprint density at radius 3 is 2.14 bits per heavy atom. The molecule has 0 heterocycles. The van der Waals surface area contributed by atoms with Crippen LogP contribution in [0.5, 0.6) is 0 Å². The maximum atomic E-state index is 3.89. The van der Waals surface area contributed by atoms with Crippen LogP contribution in [0.2, 0.25) is 0 Å². The highest BCUT2D eigenvalue weighted by atomic mass is 79.9. The molecule has 0 N–H and O–H groups in total. The SMILES string of the molecule is C=[C]([Mg][Br])C(C)C. The third kappa shape index (κ3) is 3.56. The van der Waals surface area contributed by atoms with Gasteiger partial charge in [-0.1, -0.05) is 19.8 Å². The first-order chi connectivity index (χ1) is 3.18. The van der Waals surface area contributed by atoms with Crippen LogP contribution in [0.4, 0.5) is 0 Å². The Labute approximate surface area is 61.0 Å². The first-order valence-corrected chi connectivity index (χ1v) is 7.02. The van der Waals surface area contributed by atoms with Crippen LogP contribution in [-0.4, -0.2) is 18.2 Å². The Morgan fingerprint density at radius 2 is 2.14 bits per heavy atom. The Hall–Kier alpha value is 0.986. The minimum atomic E-state index is -0.0910. The van der Waals surface area contributed by atoms with E-state index in [4.69, 9.17) is 0 Å². The molecule has 0 fully saturated rings. The van der Waals surface area contributed by atoms with Gasteiger partial charge in [0.2, 0.25) is 0 Å². The Bertz CT molecular complexity index is 68.5. The molecule has 0 aromatic carbocycles. The second kappa shape index (κ2) is 3.93. The normalized spacial score (nSPS) is 8.57. The van der Waals surface area contributed by atoms with Gasteiger partial charge in [0.25, 0.3) is 0 Å². The second-order valence-electron chi connectivity index (χ2n) is 1.95. The van der Waals surface area contributed by atoms with Gasteiger partial charge in [0, 0.05) is 0 Å². The third-order valence-electron chi connectivity index (χ3n) is 0.988. The predicted octanol–water partition coefficient (Wildman–Crippen LogP) is 2.17. The van der Waals surface area contributed by atoms with E-state index in [9.17, 15) is 0 Å². The molecule has 0 spiro atoms. The fourth-order valence-corrected chi connectivity index (χ4v) is 2.41. The summed E-state index contributed by atoms with van der Waals surface area (Å²) >= 11 is 3.36. The lowest BCUT2D eigenvalue weighted by Gasteiger charge is -2.02. The molecule has 0 saturated heterocycles. The van der Waals surface area contributed by atoms with Crippen molar-refractivity contribution >= 4 is 31.1 Å². The van der Waals surface area contributed by atoms with E-state index in [1.807, 2.05) is 0 Å². The number of hydrogen-bond acceptors (Lipinski definition) is 0. The molecule has 0 aliphatic carbocycles. The quantitative estimate of drug-likeness (QED) is 0.561. The van der Waals surface area contributed by atoms with Crippen molar-refractivity contribution in [3.8, 4) is 0 Å². The summed E-state index contributed by atoms with van der Waals surface area (Å²) in [6, 6.07) is 0. The third-order valence-corrected chi connectivity index (χ3v) is 4.31. The fourth-order valence-electron chi connectivity index (χ4n) is 0.154. The van der Waals surface area contributed by atoms with Crippen molar-refractivity contribution in [2.45, 2.75) is 13.8 Å². The highest BCUT2D eigenvalue weighted by molar-refractivity contribution is 9.23. The van der Waals surface area contributed by atoms with Crippen molar-refractivity contribution in [2.24, 2.45) is 5.92 Å². The van der Waals surface area contributed by atoms with Crippen molar-refractivity contribution in [3.63, 3.8) is 0 Å². The first kappa shape index (κ1) is 7.99. The molecule has 0 unspecified atom stereocenters. The minimum absolute atomic E-state index is 0.0910. The van der Waals surface area contributed by atoms with Crippen LogP contribution in [0, 0.1) is 5.92 Å². The maximum Gasteiger partial charge on any atom is 0.501 e. The zero-order chi connectivity index (χ0) is 5.86. The van der Waals surface area contributed by atoms with Crippen LogP contribution in [0.1, 0.15) is 13.8 Å². The maximum absolute atomic E-state index is 3.89. The van der Waals surface area contributed by atoms with Crippen molar-refractivity contribution in [1.82, 2.24) is 0 Å². The van der Waals surface area contributed by atoms with Crippen LogP contribution in [0.3, 0.4) is 0 Å². The van der Waals surface area contributed by atoms with Crippen LogP contribution >= 0.6 is 12.9 Å². The molecule has 0 aliphatic heterocycles. The van der Waals surface area contributed by atoms with Gasteiger partial charge < -0.3 is 0 Å². The molecular formula is C5H9BrMg. The van der Waals surface area contributed by atoms with Crippen molar-refractivity contribution in [3.05, 3.63) is 10.3 Å². The molecule has 2 heteroatoms. The van der Waals surface area contributed by atoms with Gasteiger partial charge in [-0.3, -0.25) is 12.9 Å². The molecule has 0 aliphatic rings. The highest BCUT2D eigenvalue weighted by Crippen LogP contribution is 2.05. The highest BCUT2D eigenvalue weighted by Gasteiger charge is 1.98. The monoisotopic (exact) mass is 172 g/mol. The van der Waals surface area contributed by atoms with Gasteiger partial charge in [0.15, 0.2) is 0 Å². The summed E-state index contributed by atoms with van der Waals surface area (Å²) in [6.45, 7) is 8.24. The minimum Gasteiger partial charge on any atom is -0.297 e. The molecule has 0 radical (unpaired) electrons. The van der Waals surface area contributed by atoms with Crippen molar-refractivity contribution in [2.75, 3.05) is 0 Å². The molecular weight excluding hydrogens is 164 g/mol. The van der Waals surface area contributed by atoms with Crippen LogP contribution in [-0.2, 0) is 0 Å². The molecule has 38 valence electrons. The Balaban J connectivity index is 3.35. The number of hydrogen-bond donors (Lipinski definition) is 0. The summed E-state index contributed by atoms with van der Waals surface area (Å²) < 4.78 is 1.40. The first-order valence-electron chi connectivity index (χ1n) is 2.42. The molecule has 7 heavy (non-hydrogen) atoms. The van der Waals surface area contributed by atoms with Gasteiger partial charge in [-0.15, -0.1) is 6.58 Å². The molecule has 0 aromatic heterocycles. The largest absolute Gasteiger partial charge is 0.501 e. The van der Waals surface area contributed by atoms with E-state index < -0.39 is 0 Å². The zero-order valence-corrected chi connectivity index (χ0v) is 7.87. The summed E-state index contributed by atoms with van der Waals surface area (Å²) in [5.74, 6) is 0.686. The van der Waals surface area contributed by atoms with Gasteiger partial charge >= 0.3 is 18.2 Å². The lowest BCUT2D eigenvalue weighted by atomic mass is 10.2. The summed E-state index contributed by atoms with van der Waals surface area (Å²) in [6.07, 6.45) is 0. The number of rotatable bonds is 2. The molecule has 0 atom stereocenters. The van der Waals surface area contributed by atoms with Gasteiger partial charge in [0.1, 0.15) is 0 Å². The average Bonchev–Trinajstić information content (AvgIpc) is 1.65. The molecule has 0 aromatic rings. The van der Waals surface area contributed by atoms with Gasteiger partial charge in [-0.05, 0) is 0 Å². The lowest BCUT2D eigenvalue weighted by Crippen LogP contribution is -1.94. The van der Waals surface area contributed by atoms with Gasteiger partial charge in [-0.25, -0.2) is 0 Å². The second-order valence-corrected chi connectivity index (χ2v) is 4.80. The predicted molar refractivity (Wildman–Crippen MR) is 38.7 cm³/mol. The van der Waals surface area contributed by atoms with E-state index >= 15 is 0 Å².